The number of anilines is 1. The van der Waals surface area contributed by atoms with Gasteiger partial charge in [0.2, 0.25) is 0 Å². The molecular formula is C14H13N5. The van der Waals surface area contributed by atoms with Crippen LogP contribution in [0.1, 0.15) is 17.0 Å². The van der Waals surface area contributed by atoms with Gasteiger partial charge in [-0.1, -0.05) is 0 Å². The molecule has 1 aromatic heterocycles. The molecule has 2 rings (SSSR count). The summed E-state index contributed by atoms with van der Waals surface area (Å²) in [6, 6.07) is 9.17. The van der Waals surface area contributed by atoms with Crippen LogP contribution in [0.5, 0.6) is 0 Å². The molecule has 1 heterocycles. The van der Waals surface area contributed by atoms with Crippen molar-refractivity contribution in [3.8, 4) is 12.1 Å². The molecule has 0 fully saturated rings. The maximum atomic E-state index is 8.94. The van der Waals surface area contributed by atoms with Gasteiger partial charge in [-0.2, -0.15) is 10.5 Å². The summed E-state index contributed by atoms with van der Waals surface area (Å²) in [5.74, 6) is 0.972. The maximum Gasteiger partial charge on any atom is 0.105 e. The van der Waals surface area contributed by atoms with E-state index in [0.29, 0.717) is 11.1 Å². The molecule has 0 saturated carbocycles. The predicted octanol–water partition coefficient (Wildman–Crippen LogP) is 2.05. The molecule has 0 amide bonds. The number of nitrogens with one attached hydrogen (secondary N) is 1. The highest BCUT2D eigenvalue weighted by Gasteiger charge is 2.02. The number of hydrogen-bond donors (Lipinski definition) is 1. The lowest BCUT2D eigenvalue weighted by Crippen LogP contribution is -2.11. The first-order chi connectivity index (χ1) is 9.24. The first-order valence-electron chi connectivity index (χ1n) is 5.90. The van der Waals surface area contributed by atoms with E-state index in [9.17, 15) is 0 Å². The third-order valence-corrected chi connectivity index (χ3v) is 2.87. The summed E-state index contributed by atoms with van der Waals surface area (Å²) in [4.78, 5) is 4.15. The fourth-order valence-corrected chi connectivity index (χ4v) is 1.80. The minimum Gasteiger partial charge on any atom is -0.383 e. The Hall–Kier alpha value is -2.79. The van der Waals surface area contributed by atoms with E-state index in [1.165, 1.54) is 0 Å². The van der Waals surface area contributed by atoms with E-state index in [2.05, 4.69) is 10.3 Å². The van der Waals surface area contributed by atoms with Gasteiger partial charge in [-0.15, -0.1) is 0 Å². The first-order valence-corrected chi connectivity index (χ1v) is 5.90. The number of aryl methyl sites for hydroxylation is 1. The molecule has 2 aromatic rings. The van der Waals surface area contributed by atoms with E-state index < -0.39 is 0 Å². The monoisotopic (exact) mass is 251 g/mol. The zero-order valence-electron chi connectivity index (χ0n) is 10.6. The Labute approximate surface area is 111 Å². The Kier molecular flexibility index (Phi) is 3.80. The molecular weight excluding hydrogens is 238 g/mol. The number of rotatable bonds is 4. The normalized spacial score (nSPS) is 9.63. The molecule has 1 aromatic carbocycles. The maximum absolute atomic E-state index is 8.94. The second-order valence-electron chi connectivity index (χ2n) is 4.08. The van der Waals surface area contributed by atoms with Crippen LogP contribution in [-0.4, -0.2) is 16.1 Å². The van der Waals surface area contributed by atoms with Gasteiger partial charge in [-0.25, -0.2) is 4.98 Å². The lowest BCUT2D eigenvalue weighted by molar-refractivity contribution is 0.701. The highest BCUT2D eigenvalue weighted by atomic mass is 15.1. The van der Waals surface area contributed by atoms with Crippen LogP contribution in [0.25, 0.3) is 0 Å². The number of hydrogen-bond acceptors (Lipinski definition) is 4. The van der Waals surface area contributed by atoms with Crippen LogP contribution in [0.4, 0.5) is 5.69 Å². The Morgan fingerprint density at radius 3 is 2.68 bits per heavy atom. The second-order valence-corrected chi connectivity index (χ2v) is 4.08. The third kappa shape index (κ3) is 2.91. The Balaban J connectivity index is 1.99. The summed E-state index contributed by atoms with van der Waals surface area (Å²) < 4.78 is 2.04. The molecule has 0 radical (unpaired) electrons. The zero-order chi connectivity index (χ0) is 13.7. The molecule has 0 aliphatic heterocycles. The third-order valence-electron chi connectivity index (χ3n) is 2.87. The lowest BCUT2D eigenvalue weighted by Gasteiger charge is -2.09. The van der Waals surface area contributed by atoms with E-state index in [0.717, 1.165) is 24.6 Å². The minimum atomic E-state index is 0.395. The quantitative estimate of drug-likeness (QED) is 0.902. The van der Waals surface area contributed by atoms with Crippen LogP contribution in [0.2, 0.25) is 0 Å². The van der Waals surface area contributed by atoms with Crippen molar-refractivity contribution >= 4 is 5.69 Å². The summed E-state index contributed by atoms with van der Waals surface area (Å²) in [6.07, 6.45) is 3.70. The molecule has 0 saturated heterocycles. The smallest absolute Gasteiger partial charge is 0.105 e. The number of nitriles is 2. The van der Waals surface area contributed by atoms with Crippen LogP contribution >= 0.6 is 0 Å². The van der Waals surface area contributed by atoms with Gasteiger partial charge in [0.05, 0.1) is 11.1 Å². The highest BCUT2D eigenvalue weighted by Crippen LogP contribution is 2.14. The topological polar surface area (TPSA) is 77.4 Å². The van der Waals surface area contributed by atoms with Crippen LogP contribution in [0.15, 0.2) is 30.6 Å². The summed E-state index contributed by atoms with van der Waals surface area (Å²) in [5, 5.41) is 21.0. The standard InChI is InChI=1S/C14H13N5/c1-11-17-4-6-19(11)7-5-18-14-3-2-12(9-15)13(8-14)10-16/h2-4,6,8,18H,5,7H2,1H3. The van der Waals surface area contributed by atoms with Crippen molar-refractivity contribution in [3.05, 3.63) is 47.5 Å². The molecule has 0 aliphatic carbocycles. The van der Waals surface area contributed by atoms with Crippen molar-refractivity contribution in [3.63, 3.8) is 0 Å². The van der Waals surface area contributed by atoms with Gasteiger partial charge in [-0.05, 0) is 25.1 Å². The number of imidazole rings is 1. The Bertz CT molecular complexity index is 657. The average Bonchev–Trinajstić information content (AvgIpc) is 2.84. The van der Waals surface area contributed by atoms with Gasteiger partial charge in [0.1, 0.15) is 18.0 Å². The van der Waals surface area contributed by atoms with Gasteiger partial charge < -0.3 is 9.88 Å². The van der Waals surface area contributed by atoms with E-state index in [-0.39, 0.29) is 0 Å². The van der Waals surface area contributed by atoms with Crippen molar-refractivity contribution in [2.24, 2.45) is 0 Å². The van der Waals surface area contributed by atoms with E-state index in [1.807, 2.05) is 29.8 Å². The molecule has 5 nitrogen and oxygen atoms in total. The van der Waals surface area contributed by atoms with Crippen LogP contribution in [0, 0.1) is 29.6 Å². The fourth-order valence-electron chi connectivity index (χ4n) is 1.80. The van der Waals surface area contributed by atoms with Crippen molar-refractivity contribution in [1.29, 1.82) is 10.5 Å². The van der Waals surface area contributed by atoms with Gasteiger partial charge in [0.25, 0.3) is 0 Å². The minimum absolute atomic E-state index is 0.395. The average molecular weight is 251 g/mol. The van der Waals surface area contributed by atoms with E-state index >= 15 is 0 Å². The molecule has 1 N–H and O–H groups in total. The van der Waals surface area contributed by atoms with Crippen molar-refractivity contribution in [2.75, 3.05) is 11.9 Å². The molecule has 19 heavy (non-hydrogen) atoms. The second kappa shape index (κ2) is 5.70. The first kappa shape index (κ1) is 12.7. The van der Waals surface area contributed by atoms with Crippen LogP contribution < -0.4 is 5.32 Å². The van der Waals surface area contributed by atoms with Crippen molar-refractivity contribution < 1.29 is 0 Å². The lowest BCUT2D eigenvalue weighted by atomic mass is 10.1. The molecule has 0 atom stereocenters. The van der Waals surface area contributed by atoms with Crippen LogP contribution in [-0.2, 0) is 6.54 Å². The molecule has 5 heteroatoms. The molecule has 0 spiro atoms. The summed E-state index contributed by atoms with van der Waals surface area (Å²) >= 11 is 0. The number of benzene rings is 1. The SMILES string of the molecule is Cc1nccn1CCNc1ccc(C#N)c(C#N)c1. The fraction of sp³-hybridized carbons (Fsp3) is 0.214. The van der Waals surface area contributed by atoms with Gasteiger partial charge >= 0.3 is 0 Å². The molecule has 0 aliphatic rings. The van der Waals surface area contributed by atoms with Crippen molar-refractivity contribution in [1.82, 2.24) is 9.55 Å². The Morgan fingerprint density at radius 1 is 1.26 bits per heavy atom. The largest absolute Gasteiger partial charge is 0.383 e. The number of aromatic nitrogens is 2. The number of nitrogens with zero attached hydrogens (tertiary/aromatic N) is 4. The highest BCUT2D eigenvalue weighted by molar-refractivity contribution is 5.56. The summed E-state index contributed by atoms with van der Waals surface area (Å²) in [6.45, 7) is 3.48. The molecule has 0 unspecified atom stereocenters. The van der Waals surface area contributed by atoms with Gasteiger partial charge in [0, 0.05) is 31.2 Å². The van der Waals surface area contributed by atoms with E-state index in [4.69, 9.17) is 10.5 Å². The van der Waals surface area contributed by atoms with Crippen molar-refractivity contribution in [2.45, 2.75) is 13.5 Å². The molecule has 0 bridgehead atoms. The van der Waals surface area contributed by atoms with Gasteiger partial charge in [0.15, 0.2) is 0 Å². The van der Waals surface area contributed by atoms with Crippen LogP contribution in [0.3, 0.4) is 0 Å². The summed E-state index contributed by atoms with van der Waals surface area (Å²) in [7, 11) is 0. The zero-order valence-corrected chi connectivity index (χ0v) is 10.6. The Morgan fingerprint density at radius 2 is 2.05 bits per heavy atom. The summed E-state index contributed by atoms with van der Waals surface area (Å²) in [5.41, 5.74) is 1.64. The molecule has 94 valence electrons. The van der Waals surface area contributed by atoms with E-state index in [1.54, 1.807) is 24.4 Å². The van der Waals surface area contributed by atoms with Gasteiger partial charge in [-0.3, -0.25) is 0 Å². The predicted molar refractivity (Wildman–Crippen MR) is 71.3 cm³/mol.